The second kappa shape index (κ2) is 12.9. The predicted molar refractivity (Wildman–Crippen MR) is 143 cm³/mol. The highest BCUT2D eigenvalue weighted by Crippen LogP contribution is 2.25. The molecule has 0 unspecified atom stereocenters. The fourth-order valence-corrected chi connectivity index (χ4v) is 3.47. The molecule has 0 atom stereocenters. The molecule has 12 heteroatoms. The number of aryl methyl sites for hydroxylation is 1. The molecule has 0 saturated heterocycles. The van der Waals surface area contributed by atoms with E-state index in [1.54, 1.807) is 13.8 Å². The molecule has 1 fully saturated rings. The Morgan fingerprint density at radius 2 is 2.13 bits per heavy atom. The first kappa shape index (κ1) is 28.5. The van der Waals surface area contributed by atoms with Gasteiger partial charge in [-0.1, -0.05) is 18.2 Å². The molecule has 0 bridgehead atoms. The van der Waals surface area contributed by atoms with Crippen molar-refractivity contribution in [1.29, 1.82) is 5.41 Å². The Labute approximate surface area is 223 Å². The molecule has 2 heterocycles. The molecule has 0 radical (unpaired) electrons. The summed E-state index contributed by atoms with van der Waals surface area (Å²) in [6.07, 6.45) is 8.58. The van der Waals surface area contributed by atoms with Crippen molar-refractivity contribution in [2.45, 2.75) is 39.3 Å². The number of hydrogen-bond acceptors (Lipinski definition) is 7. The number of rotatable bonds is 12. The van der Waals surface area contributed by atoms with Crippen molar-refractivity contribution in [3.8, 4) is 5.75 Å². The smallest absolute Gasteiger partial charge is 0.277 e. The van der Waals surface area contributed by atoms with Gasteiger partial charge in [-0.2, -0.15) is 0 Å². The second-order valence-corrected chi connectivity index (χ2v) is 8.79. The molecule has 1 amide bonds. The Kier molecular flexibility index (Phi) is 9.66. The van der Waals surface area contributed by atoms with Gasteiger partial charge in [0, 0.05) is 36.3 Å². The quantitative estimate of drug-likeness (QED) is 0.212. The number of pyridine rings is 2. The van der Waals surface area contributed by atoms with Crippen LogP contribution in [-0.4, -0.2) is 40.1 Å². The summed E-state index contributed by atoms with van der Waals surface area (Å²) in [7, 11) is 0. The highest BCUT2D eigenvalue weighted by Gasteiger charge is 2.24. The van der Waals surface area contributed by atoms with Crippen molar-refractivity contribution >= 4 is 35.1 Å². The number of carbonyl (C=O) groups is 1. The highest BCUT2D eigenvalue weighted by atomic mass is 35.5. The SMILES string of the molecule is C=C/C(=C(C)\C=N/CN/C=C\C(=N)C(=O)NC1CC1)n1c(C)cc(OCc2ncc(F)cc2F)c(Cl)c1=O. The maximum atomic E-state index is 13.9. The van der Waals surface area contributed by atoms with Crippen molar-refractivity contribution in [3.63, 3.8) is 0 Å². The van der Waals surface area contributed by atoms with Crippen LogP contribution in [0.15, 0.2) is 58.6 Å². The summed E-state index contributed by atoms with van der Waals surface area (Å²) >= 11 is 6.26. The number of carbonyl (C=O) groups excluding carboxylic acids is 1. The van der Waals surface area contributed by atoms with Crippen LogP contribution in [0.1, 0.15) is 31.2 Å². The van der Waals surface area contributed by atoms with E-state index in [9.17, 15) is 18.4 Å². The minimum absolute atomic E-state index is 0.0260. The van der Waals surface area contributed by atoms with E-state index in [-0.39, 0.29) is 41.5 Å². The predicted octanol–water partition coefficient (Wildman–Crippen LogP) is 3.91. The van der Waals surface area contributed by atoms with Gasteiger partial charge in [0.2, 0.25) is 0 Å². The van der Waals surface area contributed by atoms with Gasteiger partial charge in [-0.05, 0) is 44.4 Å². The standard InChI is InChI=1S/C26H27ClF2N6O3/c1-4-22(15(2)11-32-14-31-8-7-20(30)25(36)34-18-5-6-18)35-16(3)9-23(24(27)26(35)37)38-13-21-19(29)10-17(28)12-33-21/h4,7-12,18,30-31H,1,5-6,13-14H2,2-3H3,(H,34,36)/b8-7-,22-15+,30-20?,32-11-. The summed E-state index contributed by atoms with van der Waals surface area (Å²) in [6.45, 7) is 6.99. The first-order valence-corrected chi connectivity index (χ1v) is 12.0. The summed E-state index contributed by atoms with van der Waals surface area (Å²) < 4.78 is 33.8. The molecule has 1 aliphatic carbocycles. The van der Waals surface area contributed by atoms with Crippen molar-refractivity contribution < 1.29 is 18.3 Å². The van der Waals surface area contributed by atoms with Crippen molar-refractivity contribution in [2.75, 3.05) is 6.67 Å². The first-order chi connectivity index (χ1) is 18.1. The van der Waals surface area contributed by atoms with Crippen LogP contribution >= 0.6 is 11.6 Å². The average molecular weight is 545 g/mol. The van der Waals surface area contributed by atoms with Crippen LogP contribution in [0.2, 0.25) is 5.02 Å². The first-order valence-electron chi connectivity index (χ1n) is 11.6. The number of hydrogen-bond donors (Lipinski definition) is 3. The van der Waals surface area contributed by atoms with E-state index in [1.807, 2.05) is 0 Å². The van der Waals surface area contributed by atoms with Crippen LogP contribution in [0.25, 0.3) is 5.70 Å². The molecule has 200 valence electrons. The molecule has 0 aromatic carbocycles. The van der Waals surface area contributed by atoms with Crippen molar-refractivity contribution in [3.05, 3.63) is 87.2 Å². The lowest BCUT2D eigenvalue weighted by Gasteiger charge is -2.16. The molecule has 3 N–H and O–H groups in total. The van der Waals surface area contributed by atoms with E-state index in [0.29, 0.717) is 23.0 Å². The van der Waals surface area contributed by atoms with Crippen LogP contribution in [0.5, 0.6) is 5.75 Å². The topological polar surface area (TPSA) is 121 Å². The van der Waals surface area contributed by atoms with Gasteiger partial charge in [-0.25, -0.2) is 8.78 Å². The van der Waals surface area contributed by atoms with Gasteiger partial charge in [0.25, 0.3) is 11.5 Å². The normalized spacial score (nSPS) is 13.9. The molecular formula is C26H27ClF2N6O3. The summed E-state index contributed by atoms with van der Waals surface area (Å²) in [6, 6.07) is 2.38. The third-order valence-corrected chi connectivity index (χ3v) is 5.73. The molecule has 3 rings (SSSR count). The number of aromatic nitrogens is 2. The Hall–Kier alpha value is -4.12. The van der Waals surface area contributed by atoms with Crippen LogP contribution in [0.3, 0.4) is 0 Å². The van der Waals surface area contributed by atoms with Crippen molar-refractivity contribution in [1.82, 2.24) is 20.2 Å². The number of halogens is 3. The lowest BCUT2D eigenvalue weighted by atomic mass is 10.2. The average Bonchev–Trinajstić information content (AvgIpc) is 3.69. The Bertz CT molecular complexity index is 1400. The maximum Gasteiger partial charge on any atom is 0.277 e. The molecule has 1 aliphatic rings. The minimum atomic E-state index is -0.875. The molecule has 9 nitrogen and oxygen atoms in total. The summed E-state index contributed by atoms with van der Waals surface area (Å²) in [5.41, 5.74) is 0.635. The van der Waals surface area contributed by atoms with Crippen LogP contribution in [0, 0.1) is 24.0 Å². The Balaban J connectivity index is 1.67. The number of aliphatic imine (C=N–C) groups is 1. The Morgan fingerprint density at radius 1 is 1.39 bits per heavy atom. The molecular weight excluding hydrogens is 518 g/mol. The van der Waals surface area contributed by atoms with Gasteiger partial charge in [0.15, 0.2) is 5.82 Å². The third-order valence-electron chi connectivity index (χ3n) is 5.38. The van der Waals surface area contributed by atoms with Gasteiger partial charge >= 0.3 is 0 Å². The van der Waals surface area contributed by atoms with Gasteiger partial charge in [-0.15, -0.1) is 0 Å². The largest absolute Gasteiger partial charge is 0.485 e. The number of nitrogens with zero attached hydrogens (tertiary/aromatic N) is 3. The zero-order valence-electron chi connectivity index (χ0n) is 20.9. The lowest BCUT2D eigenvalue weighted by Crippen LogP contribution is -2.31. The van der Waals surface area contributed by atoms with Gasteiger partial charge in [-0.3, -0.25) is 29.5 Å². The summed E-state index contributed by atoms with van der Waals surface area (Å²) in [5, 5.41) is 13.1. The van der Waals surface area contributed by atoms with Crippen molar-refractivity contribution in [2.24, 2.45) is 4.99 Å². The minimum Gasteiger partial charge on any atom is -0.485 e. The zero-order chi connectivity index (χ0) is 27.8. The number of amides is 1. The summed E-state index contributed by atoms with van der Waals surface area (Å²) in [5.74, 6) is -2.08. The molecule has 1 saturated carbocycles. The summed E-state index contributed by atoms with van der Waals surface area (Å²) in [4.78, 5) is 32.7. The fourth-order valence-electron chi connectivity index (χ4n) is 3.27. The molecule has 0 spiro atoms. The van der Waals surface area contributed by atoms with E-state index >= 15 is 0 Å². The van der Waals surface area contributed by atoms with Crippen LogP contribution in [-0.2, 0) is 11.4 Å². The fraction of sp³-hybridized carbons (Fsp3) is 0.269. The maximum absolute atomic E-state index is 13.9. The highest BCUT2D eigenvalue weighted by molar-refractivity contribution is 6.42. The molecule has 2 aromatic heterocycles. The lowest BCUT2D eigenvalue weighted by molar-refractivity contribution is -0.114. The van der Waals surface area contributed by atoms with E-state index < -0.39 is 23.1 Å². The Morgan fingerprint density at radius 3 is 2.79 bits per heavy atom. The molecule has 0 aliphatic heterocycles. The molecule has 38 heavy (non-hydrogen) atoms. The van der Waals surface area contributed by atoms with E-state index in [1.165, 1.54) is 35.2 Å². The zero-order valence-corrected chi connectivity index (χ0v) is 21.6. The van der Waals surface area contributed by atoms with Gasteiger partial charge in [0.05, 0.1) is 11.9 Å². The van der Waals surface area contributed by atoms with Crippen LogP contribution < -0.4 is 20.9 Å². The second-order valence-electron chi connectivity index (χ2n) is 8.42. The van der Waals surface area contributed by atoms with E-state index in [0.717, 1.165) is 19.0 Å². The monoisotopic (exact) mass is 544 g/mol. The number of allylic oxidation sites excluding steroid dienone is 3. The van der Waals surface area contributed by atoms with Crippen LogP contribution in [0.4, 0.5) is 8.78 Å². The molecule has 2 aromatic rings. The van der Waals surface area contributed by atoms with E-state index in [4.69, 9.17) is 21.7 Å². The number of ether oxygens (including phenoxy) is 1. The van der Waals surface area contributed by atoms with Gasteiger partial charge in [0.1, 0.15) is 41.3 Å². The van der Waals surface area contributed by atoms with Gasteiger partial charge < -0.3 is 15.4 Å². The third kappa shape index (κ3) is 7.45. The van der Waals surface area contributed by atoms with E-state index in [2.05, 4.69) is 27.2 Å². The number of nitrogens with one attached hydrogen (secondary N) is 3.